The van der Waals surface area contributed by atoms with Crippen molar-refractivity contribution in [2.75, 3.05) is 44.2 Å². The average Bonchev–Trinajstić information content (AvgIpc) is 2.58. The lowest BCUT2D eigenvalue weighted by molar-refractivity contribution is 0.371. The van der Waals surface area contributed by atoms with Crippen LogP contribution in [-0.2, 0) is 0 Å². The number of nitrogens with zero attached hydrogens (tertiary/aromatic N) is 4. The molecule has 5 nitrogen and oxygen atoms in total. The van der Waals surface area contributed by atoms with Crippen LogP contribution in [0.3, 0.4) is 0 Å². The monoisotopic (exact) mass is 445 g/mol. The molecule has 0 atom stereocenters. The molecule has 1 aromatic rings. The van der Waals surface area contributed by atoms with Crippen LogP contribution in [0.4, 0.5) is 5.82 Å². The molecule has 1 saturated heterocycles. The van der Waals surface area contributed by atoms with Crippen molar-refractivity contribution in [2.24, 2.45) is 10.9 Å². The zero-order chi connectivity index (χ0) is 16.5. The second-order valence-electron chi connectivity index (χ2n) is 6.43. The van der Waals surface area contributed by atoms with E-state index in [-0.39, 0.29) is 24.0 Å². The standard InChI is InChI=1S/C18H31N5.HI/c1-4-19-18(21-11-7-8-16(2)3)23-14-12-22(13-15-23)17-9-5-6-10-20-17;/h5-6,9-10,16H,4,7-8,11-15H2,1-3H3,(H,19,21);1H. The number of anilines is 1. The van der Waals surface area contributed by atoms with Gasteiger partial charge in [-0.15, -0.1) is 24.0 Å². The highest BCUT2D eigenvalue weighted by Gasteiger charge is 2.20. The number of halogens is 1. The second-order valence-corrected chi connectivity index (χ2v) is 6.43. The summed E-state index contributed by atoms with van der Waals surface area (Å²) in [5, 5.41) is 3.44. The average molecular weight is 445 g/mol. The summed E-state index contributed by atoms with van der Waals surface area (Å²) in [7, 11) is 0. The van der Waals surface area contributed by atoms with Gasteiger partial charge in [-0.3, -0.25) is 4.99 Å². The van der Waals surface area contributed by atoms with Crippen molar-refractivity contribution in [2.45, 2.75) is 33.6 Å². The van der Waals surface area contributed by atoms with Crippen LogP contribution < -0.4 is 10.2 Å². The molecule has 2 rings (SSSR count). The number of hydrogen-bond donors (Lipinski definition) is 1. The van der Waals surface area contributed by atoms with E-state index in [0.717, 1.165) is 57.0 Å². The Morgan fingerprint density at radius 2 is 2.00 bits per heavy atom. The fourth-order valence-corrected chi connectivity index (χ4v) is 2.80. The summed E-state index contributed by atoms with van der Waals surface area (Å²) < 4.78 is 0. The molecule has 0 saturated carbocycles. The molecule has 1 aliphatic rings. The lowest BCUT2D eigenvalue weighted by Crippen LogP contribution is -2.52. The van der Waals surface area contributed by atoms with E-state index in [9.17, 15) is 0 Å². The Bertz CT molecular complexity index is 470. The number of hydrogen-bond acceptors (Lipinski definition) is 3. The molecule has 6 heteroatoms. The molecule has 0 spiro atoms. The van der Waals surface area contributed by atoms with Crippen LogP contribution in [0.2, 0.25) is 0 Å². The number of nitrogens with one attached hydrogen (secondary N) is 1. The maximum Gasteiger partial charge on any atom is 0.194 e. The predicted molar refractivity (Wildman–Crippen MR) is 113 cm³/mol. The molecule has 1 aliphatic heterocycles. The zero-order valence-electron chi connectivity index (χ0n) is 15.2. The Labute approximate surface area is 163 Å². The van der Waals surface area contributed by atoms with E-state index in [1.165, 1.54) is 12.8 Å². The van der Waals surface area contributed by atoms with Crippen LogP contribution in [0, 0.1) is 5.92 Å². The number of guanidine groups is 1. The molecule has 0 radical (unpaired) electrons. The van der Waals surface area contributed by atoms with E-state index in [2.05, 4.69) is 53.0 Å². The number of aliphatic imine (C=N–C) groups is 1. The van der Waals surface area contributed by atoms with Gasteiger partial charge in [0.1, 0.15) is 5.82 Å². The van der Waals surface area contributed by atoms with E-state index in [1.54, 1.807) is 0 Å². The summed E-state index contributed by atoms with van der Waals surface area (Å²) >= 11 is 0. The van der Waals surface area contributed by atoms with Crippen molar-refractivity contribution in [1.29, 1.82) is 0 Å². The molecule has 0 aromatic carbocycles. The minimum Gasteiger partial charge on any atom is -0.357 e. The van der Waals surface area contributed by atoms with Gasteiger partial charge >= 0.3 is 0 Å². The highest BCUT2D eigenvalue weighted by molar-refractivity contribution is 14.0. The van der Waals surface area contributed by atoms with Crippen molar-refractivity contribution in [3.8, 4) is 0 Å². The summed E-state index contributed by atoms with van der Waals surface area (Å²) in [6.07, 6.45) is 4.28. The second kappa shape index (κ2) is 11.5. The van der Waals surface area contributed by atoms with E-state index >= 15 is 0 Å². The van der Waals surface area contributed by atoms with Gasteiger partial charge in [0.15, 0.2) is 5.96 Å². The summed E-state index contributed by atoms with van der Waals surface area (Å²) in [6.45, 7) is 12.5. The molecule has 0 aliphatic carbocycles. The van der Waals surface area contributed by atoms with Crippen LogP contribution in [0.25, 0.3) is 0 Å². The van der Waals surface area contributed by atoms with Gasteiger partial charge in [-0.05, 0) is 37.8 Å². The SMILES string of the molecule is CCNC(=NCCCC(C)C)N1CCN(c2ccccn2)CC1.I. The molecular formula is C18H32IN5. The summed E-state index contributed by atoms with van der Waals surface area (Å²) in [5.41, 5.74) is 0. The zero-order valence-corrected chi connectivity index (χ0v) is 17.6. The van der Waals surface area contributed by atoms with Crippen LogP contribution in [-0.4, -0.2) is 55.1 Å². The Balaban J connectivity index is 0.00000288. The highest BCUT2D eigenvalue weighted by atomic mass is 127. The minimum absolute atomic E-state index is 0. The number of aromatic nitrogens is 1. The van der Waals surface area contributed by atoms with Gasteiger partial charge in [0.2, 0.25) is 0 Å². The Hall–Kier alpha value is -1.05. The van der Waals surface area contributed by atoms with Crippen molar-refractivity contribution in [3.63, 3.8) is 0 Å². The molecule has 1 N–H and O–H groups in total. The summed E-state index contributed by atoms with van der Waals surface area (Å²) in [4.78, 5) is 14.0. The van der Waals surface area contributed by atoms with Crippen LogP contribution in [0.5, 0.6) is 0 Å². The Morgan fingerprint density at radius 1 is 1.25 bits per heavy atom. The lowest BCUT2D eigenvalue weighted by atomic mass is 10.1. The third-order valence-corrected chi connectivity index (χ3v) is 4.09. The van der Waals surface area contributed by atoms with E-state index < -0.39 is 0 Å². The lowest BCUT2D eigenvalue weighted by Gasteiger charge is -2.37. The molecule has 24 heavy (non-hydrogen) atoms. The normalized spacial score (nSPS) is 15.4. The van der Waals surface area contributed by atoms with Gasteiger partial charge < -0.3 is 15.1 Å². The van der Waals surface area contributed by atoms with Gasteiger partial charge in [0.25, 0.3) is 0 Å². The smallest absolute Gasteiger partial charge is 0.194 e. The molecule has 136 valence electrons. The fraction of sp³-hybridized carbons (Fsp3) is 0.667. The largest absolute Gasteiger partial charge is 0.357 e. The van der Waals surface area contributed by atoms with E-state index in [0.29, 0.717) is 0 Å². The molecule has 0 amide bonds. The predicted octanol–water partition coefficient (Wildman–Crippen LogP) is 3.22. The highest BCUT2D eigenvalue weighted by Crippen LogP contribution is 2.12. The quantitative estimate of drug-likeness (QED) is 0.316. The van der Waals surface area contributed by atoms with Gasteiger partial charge in [0, 0.05) is 45.5 Å². The van der Waals surface area contributed by atoms with Gasteiger partial charge in [-0.1, -0.05) is 19.9 Å². The summed E-state index contributed by atoms with van der Waals surface area (Å²) in [6, 6.07) is 6.10. The van der Waals surface area contributed by atoms with Gasteiger partial charge in [-0.2, -0.15) is 0 Å². The first-order chi connectivity index (χ1) is 11.2. The van der Waals surface area contributed by atoms with Crippen molar-refractivity contribution < 1.29 is 0 Å². The maximum absolute atomic E-state index is 4.80. The third-order valence-electron chi connectivity index (χ3n) is 4.09. The van der Waals surface area contributed by atoms with Crippen molar-refractivity contribution >= 4 is 35.8 Å². The molecule has 1 aromatic heterocycles. The Morgan fingerprint density at radius 3 is 2.58 bits per heavy atom. The first-order valence-electron chi connectivity index (χ1n) is 8.90. The maximum atomic E-state index is 4.80. The van der Waals surface area contributed by atoms with Gasteiger partial charge in [0.05, 0.1) is 0 Å². The van der Waals surface area contributed by atoms with Crippen molar-refractivity contribution in [1.82, 2.24) is 15.2 Å². The first-order valence-corrected chi connectivity index (χ1v) is 8.90. The molecule has 2 heterocycles. The summed E-state index contributed by atoms with van der Waals surface area (Å²) in [5.74, 6) is 2.90. The van der Waals surface area contributed by atoms with Crippen molar-refractivity contribution in [3.05, 3.63) is 24.4 Å². The Kier molecular flexibility index (Phi) is 10.1. The number of pyridine rings is 1. The topological polar surface area (TPSA) is 43.8 Å². The van der Waals surface area contributed by atoms with Gasteiger partial charge in [-0.25, -0.2) is 4.98 Å². The van der Waals surface area contributed by atoms with E-state index in [4.69, 9.17) is 4.99 Å². The number of piperazine rings is 1. The third kappa shape index (κ3) is 6.83. The molecular weight excluding hydrogens is 413 g/mol. The fourth-order valence-electron chi connectivity index (χ4n) is 2.80. The van der Waals surface area contributed by atoms with E-state index in [1.807, 2.05) is 12.3 Å². The minimum atomic E-state index is 0. The molecule has 0 unspecified atom stereocenters. The number of rotatable bonds is 6. The first kappa shape index (κ1) is 21.0. The molecule has 1 fully saturated rings. The van der Waals surface area contributed by atoms with Crippen LogP contribution >= 0.6 is 24.0 Å². The van der Waals surface area contributed by atoms with Crippen LogP contribution in [0.1, 0.15) is 33.6 Å². The van der Waals surface area contributed by atoms with Crippen LogP contribution in [0.15, 0.2) is 29.4 Å². The molecule has 0 bridgehead atoms.